The zero-order valence-corrected chi connectivity index (χ0v) is 43.0. The second kappa shape index (κ2) is 24.1. The lowest BCUT2D eigenvalue weighted by molar-refractivity contribution is 0.0157. The van der Waals surface area contributed by atoms with Crippen molar-refractivity contribution in [3.63, 3.8) is 0 Å². The van der Waals surface area contributed by atoms with Crippen LogP contribution in [-0.2, 0) is 51.4 Å². The van der Waals surface area contributed by atoms with Crippen molar-refractivity contribution in [3.8, 4) is 16.9 Å². The van der Waals surface area contributed by atoms with Gasteiger partial charge in [-0.3, -0.25) is 9.48 Å². The predicted octanol–water partition coefficient (Wildman–Crippen LogP) is 6.07. The Balaban J connectivity index is 1.10. The number of rotatable bonds is 25. The number of fused-ring (bicyclic) bond motifs is 2. The van der Waals surface area contributed by atoms with Crippen LogP contribution in [0.4, 0.5) is 8.78 Å². The molecule has 0 radical (unpaired) electrons. The molecular weight excluding hydrogens is 945 g/mol. The molecule has 0 aliphatic carbocycles. The minimum atomic E-state index is -4.16. The summed E-state index contributed by atoms with van der Waals surface area (Å²) < 4.78 is 83.3. The molecule has 3 atom stereocenters. The third-order valence-electron chi connectivity index (χ3n) is 13.5. The molecule has 7 rings (SSSR count). The van der Waals surface area contributed by atoms with Gasteiger partial charge in [0, 0.05) is 135 Å². The van der Waals surface area contributed by atoms with Gasteiger partial charge in [0.15, 0.2) is 15.5 Å². The lowest BCUT2D eigenvalue weighted by atomic mass is 9.89. The highest BCUT2D eigenvalue weighted by Crippen LogP contribution is 2.35. The van der Waals surface area contributed by atoms with Gasteiger partial charge in [-0.05, 0) is 82.1 Å². The number of carbonyl (C=O) groups excluding carboxylic acids is 1. The van der Waals surface area contributed by atoms with Gasteiger partial charge in [0.25, 0.3) is 5.91 Å². The Hall–Kier alpha value is -6.06. The second-order valence-electron chi connectivity index (χ2n) is 18.4. The van der Waals surface area contributed by atoms with Crippen molar-refractivity contribution in [2.24, 2.45) is 18.5 Å². The molecule has 1 aliphatic rings. The van der Waals surface area contributed by atoms with Crippen LogP contribution in [0.15, 0.2) is 72.5 Å². The van der Waals surface area contributed by atoms with Crippen molar-refractivity contribution in [2.45, 2.75) is 90.2 Å². The minimum Gasteiger partial charge on any atom is -0.492 e. The zero-order valence-electron chi connectivity index (χ0n) is 42.2. The molecule has 72 heavy (non-hydrogen) atoms. The van der Waals surface area contributed by atoms with E-state index in [1.807, 2.05) is 65.5 Å². The van der Waals surface area contributed by atoms with Crippen molar-refractivity contribution in [1.29, 1.82) is 5.41 Å². The number of aryl methyl sites for hydroxylation is 1. The number of imidazole rings is 2. The molecule has 1 aromatic carbocycles. The van der Waals surface area contributed by atoms with Gasteiger partial charge in [-0.25, -0.2) is 27.2 Å². The molecule has 1 fully saturated rings. The van der Waals surface area contributed by atoms with Crippen LogP contribution in [0.5, 0.6) is 5.75 Å². The fourth-order valence-corrected chi connectivity index (χ4v) is 10.9. The summed E-state index contributed by atoms with van der Waals surface area (Å²) in [7, 11) is -0.699. The third kappa shape index (κ3) is 12.6. The molecule has 1 aliphatic heterocycles. The Labute approximate surface area is 420 Å². The average Bonchev–Trinajstić information content (AvgIpc) is 4.04. The van der Waals surface area contributed by atoms with E-state index in [9.17, 15) is 17.6 Å². The number of nitrogens with zero attached hydrogens (tertiary/aromatic N) is 7. The summed E-state index contributed by atoms with van der Waals surface area (Å²) in [6.07, 6.45) is 8.18. The van der Waals surface area contributed by atoms with E-state index in [0.29, 0.717) is 98.0 Å². The normalized spacial score (nSPS) is 14.9. The third-order valence-corrected chi connectivity index (χ3v) is 15.0. The summed E-state index contributed by atoms with van der Waals surface area (Å²) >= 11 is 0. The van der Waals surface area contributed by atoms with E-state index in [1.165, 1.54) is 19.1 Å². The molecule has 0 saturated carbocycles. The number of hydrogen-bond acceptors (Lipinski definition) is 13. The second-order valence-corrected chi connectivity index (χ2v) is 20.5. The van der Waals surface area contributed by atoms with Gasteiger partial charge < -0.3 is 50.1 Å². The van der Waals surface area contributed by atoms with E-state index in [1.54, 1.807) is 36.8 Å². The van der Waals surface area contributed by atoms with Crippen LogP contribution >= 0.6 is 0 Å². The Bertz CT molecular complexity index is 3010. The molecule has 5 aromatic heterocycles. The summed E-state index contributed by atoms with van der Waals surface area (Å²) in [4.78, 5) is 24.3. The van der Waals surface area contributed by atoms with E-state index in [4.69, 9.17) is 31.1 Å². The number of alkyl halides is 1. The Morgan fingerprint density at radius 3 is 2.29 bits per heavy atom. The van der Waals surface area contributed by atoms with Crippen molar-refractivity contribution < 1.29 is 36.2 Å². The summed E-state index contributed by atoms with van der Waals surface area (Å²) in [6, 6.07) is 10.2. The van der Waals surface area contributed by atoms with Gasteiger partial charge in [-0.1, -0.05) is 13.0 Å². The number of benzene rings is 1. The number of nitrogens with one attached hydrogen (secondary N) is 2. The van der Waals surface area contributed by atoms with Crippen molar-refractivity contribution in [2.75, 3.05) is 65.4 Å². The quantitative estimate of drug-likeness (QED) is 0.0480. The van der Waals surface area contributed by atoms with Gasteiger partial charge in [0.2, 0.25) is 0 Å². The summed E-state index contributed by atoms with van der Waals surface area (Å²) in [5.41, 5.74) is 19.6. The zero-order chi connectivity index (χ0) is 51.7. The van der Waals surface area contributed by atoms with Crippen LogP contribution in [0.25, 0.3) is 22.4 Å². The molecular formula is C52H69F2N11O6S. The van der Waals surface area contributed by atoms with E-state index in [-0.39, 0.29) is 61.3 Å². The molecule has 17 nitrogen and oxygen atoms in total. The van der Waals surface area contributed by atoms with Crippen molar-refractivity contribution in [3.05, 3.63) is 118 Å². The number of ether oxygens (including phenoxy) is 3. The SMILES string of the molecule is CC[C@@H](c1ccc2ncc(CCN)n2c1)C(CC(C)F)OCC/C(C(=N)CS(=O)(=O)Cc1cc(-c2ccc3ncc(CCN)n3c2)c(OCCc2c(C(=O)N3CCOCC3)nn(C)c2C)cc1F)=C(\C)NC. The first-order valence-electron chi connectivity index (χ1n) is 24.6. The van der Waals surface area contributed by atoms with E-state index >= 15 is 4.39 Å². The number of amides is 1. The van der Waals surface area contributed by atoms with Gasteiger partial charge >= 0.3 is 0 Å². The molecule has 6 heterocycles. The number of nitrogens with two attached hydrogens (primary N) is 2. The first-order chi connectivity index (χ1) is 34.6. The van der Waals surface area contributed by atoms with Crippen LogP contribution in [-0.4, -0.2) is 131 Å². The van der Waals surface area contributed by atoms with Gasteiger partial charge in [0.1, 0.15) is 22.9 Å². The van der Waals surface area contributed by atoms with E-state index in [0.717, 1.165) is 28.3 Å². The molecule has 6 N–H and O–H groups in total. The number of pyridine rings is 2. The Morgan fingerprint density at radius 1 is 0.986 bits per heavy atom. The fraction of sp³-hybridized carbons (Fsp3) is 0.481. The number of sulfone groups is 1. The molecule has 6 aromatic rings. The predicted molar refractivity (Wildman–Crippen MR) is 275 cm³/mol. The van der Waals surface area contributed by atoms with Crippen molar-refractivity contribution >= 4 is 32.8 Å². The number of hydrogen-bond donors (Lipinski definition) is 4. The molecule has 20 heteroatoms. The first-order valence-corrected chi connectivity index (χ1v) is 26.5. The van der Waals surface area contributed by atoms with Gasteiger partial charge in [0.05, 0.1) is 55.9 Å². The molecule has 1 amide bonds. The number of morpholine rings is 1. The largest absolute Gasteiger partial charge is 0.492 e. The van der Waals surface area contributed by atoms with Crippen LogP contribution in [0, 0.1) is 18.2 Å². The number of carbonyl (C=O) groups is 1. The topological polar surface area (TPSA) is 222 Å². The molecule has 1 saturated heterocycles. The Morgan fingerprint density at radius 2 is 1.65 bits per heavy atom. The van der Waals surface area contributed by atoms with Gasteiger partial charge in [-0.2, -0.15) is 5.10 Å². The van der Waals surface area contributed by atoms with Gasteiger partial charge in [-0.15, -0.1) is 0 Å². The van der Waals surface area contributed by atoms with Crippen LogP contribution in [0.2, 0.25) is 0 Å². The molecule has 388 valence electrons. The average molecular weight is 1010 g/mol. The maximum Gasteiger partial charge on any atom is 0.274 e. The number of aromatic nitrogens is 6. The molecule has 2 unspecified atom stereocenters. The summed E-state index contributed by atoms with van der Waals surface area (Å²) in [5, 5.41) is 16.7. The lowest BCUT2D eigenvalue weighted by Gasteiger charge is -2.28. The summed E-state index contributed by atoms with van der Waals surface area (Å²) in [5.74, 6) is -2.37. The lowest BCUT2D eigenvalue weighted by Crippen LogP contribution is -2.41. The maximum absolute atomic E-state index is 16.4. The van der Waals surface area contributed by atoms with Crippen molar-refractivity contribution in [1.82, 2.24) is 38.8 Å². The van der Waals surface area contributed by atoms with Crippen LogP contribution < -0.4 is 21.5 Å². The standard InChI is InChI=1S/C52H69F2N11O6S/c1-7-41(36-8-10-49-59-27-39(12-16-55)64(49)29-36)47(24-33(2)53)70-20-14-42(34(3)58-5)46(57)32-72(67,68)31-38-25-44(37-9-11-50-60-28-40(13-17-56)65(50)30-37)48(26-45(38)54)71-21-15-43-35(4)62(6)61-51(43)52(66)63-18-22-69-23-19-63/h8-11,25-30,33,41,47,57-58H,7,12-24,31-32,55-56H2,1-6H3/b42-34-,57-46?/t33?,41-,47?/m0/s1. The number of halogens is 2. The minimum absolute atomic E-state index is 0.0521. The van der Waals surface area contributed by atoms with Crippen LogP contribution in [0.1, 0.15) is 90.2 Å². The highest BCUT2D eigenvalue weighted by Gasteiger charge is 2.29. The monoisotopic (exact) mass is 1010 g/mol. The smallest absolute Gasteiger partial charge is 0.274 e. The number of allylic oxidation sites excluding steroid dienone is 1. The van der Waals surface area contributed by atoms with E-state index in [2.05, 4.69) is 20.4 Å². The Kier molecular flexibility index (Phi) is 18.0. The summed E-state index contributed by atoms with van der Waals surface area (Å²) in [6.45, 7) is 9.97. The first kappa shape index (κ1) is 53.7. The maximum atomic E-state index is 16.4. The van der Waals surface area contributed by atoms with E-state index < -0.39 is 39.4 Å². The molecule has 0 bridgehead atoms. The molecule has 0 spiro atoms. The fourth-order valence-electron chi connectivity index (χ4n) is 9.49. The highest BCUT2D eigenvalue weighted by atomic mass is 32.2. The van der Waals surface area contributed by atoms with Crippen LogP contribution in [0.3, 0.4) is 0 Å². The highest BCUT2D eigenvalue weighted by molar-refractivity contribution is 7.91.